The van der Waals surface area contributed by atoms with Gasteiger partial charge in [-0.15, -0.1) is 0 Å². The molecule has 1 aromatic carbocycles. The van der Waals surface area contributed by atoms with Crippen LogP contribution >= 0.6 is 0 Å². The number of halogens is 1. The predicted octanol–water partition coefficient (Wildman–Crippen LogP) is 0.0503. The number of aromatic amines is 1. The van der Waals surface area contributed by atoms with Crippen LogP contribution in [0.4, 0.5) is 4.39 Å². The Morgan fingerprint density at radius 3 is 2.93 bits per heavy atom. The monoisotopic (exact) mass is 196 g/mol. The highest BCUT2D eigenvalue weighted by molar-refractivity contribution is 6.33. The maximum Gasteiger partial charge on any atom is 0.707 e. The minimum Gasteiger partial charge on any atom is -0.512 e. The second-order valence-electron chi connectivity index (χ2n) is 2.65. The molecule has 0 bridgehead atoms. The van der Waals surface area contributed by atoms with Crippen LogP contribution in [0.2, 0.25) is 0 Å². The zero-order chi connectivity index (χ0) is 10.1. The molecule has 72 valence electrons. The van der Waals surface area contributed by atoms with Gasteiger partial charge in [-0.25, -0.2) is 9.37 Å². The van der Waals surface area contributed by atoms with Crippen molar-refractivity contribution in [3.05, 3.63) is 24.3 Å². The van der Waals surface area contributed by atoms with Crippen LogP contribution in [-0.2, 0) is 0 Å². The first-order valence-corrected chi connectivity index (χ1v) is 3.82. The molecule has 1 aromatic heterocycles. The molecule has 5 nitrogen and oxygen atoms in total. The molecule has 0 radical (unpaired) electrons. The van der Waals surface area contributed by atoms with Crippen molar-refractivity contribution in [2.24, 2.45) is 0 Å². The number of H-pyrrole nitrogens is 1. The van der Waals surface area contributed by atoms with Crippen molar-refractivity contribution in [2.45, 2.75) is 0 Å². The summed E-state index contributed by atoms with van der Waals surface area (Å²) in [6.07, 6.45) is 1.34. The van der Waals surface area contributed by atoms with Gasteiger partial charge in [0, 0.05) is 12.1 Å². The van der Waals surface area contributed by atoms with E-state index in [0.29, 0.717) is 5.52 Å². The van der Waals surface area contributed by atoms with Gasteiger partial charge in [-0.2, -0.15) is 0 Å². The van der Waals surface area contributed by atoms with Crippen LogP contribution in [0, 0.1) is 5.82 Å². The van der Waals surface area contributed by atoms with Crippen molar-refractivity contribution in [3.63, 3.8) is 0 Å². The number of hydrogen-bond acceptors (Lipinski definition) is 4. The van der Waals surface area contributed by atoms with Crippen molar-refractivity contribution < 1.29 is 19.1 Å². The van der Waals surface area contributed by atoms with Crippen LogP contribution in [0.3, 0.4) is 0 Å². The molecule has 0 aliphatic rings. The maximum atomic E-state index is 13.2. The Kier molecular flexibility index (Phi) is 2.10. The Balaban J connectivity index is 2.47. The van der Waals surface area contributed by atoms with Gasteiger partial charge >= 0.3 is 7.32 Å². The van der Waals surface area contributed by atoms with Crippen molar-refractivity contribution >= 4 is 18.4 Å². The number of benzene rings is 1. The highest BCUT2D eigenvalue weighted by Gasteiger charge is 2.13. The lowest BCUT2D eigenvalue weighted by Crippen LogP contribution is -2.20. The fourth-order valence-electron chi connectivity index (χ4n) is 1.17. The third-order valence-electron chi connectivity index (χ3n) is 1.69. The van der Waals surface area contributed by atoms with E-state index >= 15 is 0 Å². The van der Waals surface area contributed by atoms with Gasteiger partial charge in [-0.1, -0.05) is 0 Å². The van der Waals surface area contributed by atoms with Gasteiger partial charge in [0.25, 0.3) is 0 Å². The molecule has 0 saturated heterocycles. The van der Waals surface area contributed by atoms with Crippen LogP contribution in [0.25, 0.3) is 11.0 Å². The Labute approximate surface area is 78.3 Å². The predicted molar refractivity (Wildman–Crippen MR) is 46.9 cm³/mol. The topological polar surface area (TPSA) is 78.4 Å². The molecule has 0 fully saturated rings. The summed E-state index contributed by atoms with van der Waals surface area (Å²) in [7, 11) is -1.96. The van der Waals surface area contributed by atoms with E-state index in [1.54, 1.807) is 0 Å². The molecule has 2 rings (SSSR count). The third kappa shape index (κ3) is 1.55. The zero-order valence-corrected chi connectivity index (χ0v) is 6.94. The largest absolute Gasteiger partial charge is 0.707 e. The molecular weight excluding hydrogens is 190 g/mol. The number of nitrogens with one attached hydrogen (secondary N) is 1. The molecule has 0 spiro atoms. The van der Waals surface area contributed by atoms with E-state index in [2.05, 4.69) is 14.6 Å². The average Bonchev–Trinajstić information content (AvgIpc) is 2.50. The van der Waals surface area contributed by atoms with E-state index in [1.807, 2.05) is 0 Å². The summed E-state index contributed by atoms with van der Waals surface area (Å²) in [4.78, 5) is 6.41. The summed E-state index contributed by atoms with van der Waals surface area (Å²) in [6, 6.07) is 2.45. The van der Waals surface area contributed by atoms with Crippen LogP contribution in [0.1, 0.15) is 0 Å². The molecule has 0 amide bonds. The highest BCUT2D eigenvalue weighted by Crippen LogP contribution is 2.21. The molecule has 0 atom stereocenters. The van der Waals surface area contributed by atoms with E-state index in [4.69, 9.17) is 10.0 Å². The van der Waals surface area contributed by atoms with Crippen molar-refractivity contribution in [1.29, 1.82) is 0 Å². The van der Waals surface area contributed by atoms with Gasteiger partial charge in [0.05, 0.1) is 11.8 Å². The van der Waals surface area contributed by atoms with Crippen LogP contribution in [-0.4, -0.2) is 27.3 Å². The van der Waals surface area contributed by atoms with Crippen molar-refractivity contribution in [2.75, 3.05) is 0 Å². The first kappa shape index (κ1) is 8.98. The highest BCUT2D eigenvalue weighted by atomic mass is 19.1. The number of hydrogen-bond donors (Lipinski definition) is 3. The van der Waals surface area contributed by atoms with Crippen molar-refractivity contribution in [1.82, 2.24) is 9.97 Å². The van der Waals surface area contributed by atoms with E-state index in [1.165, 1.54) is 12.4 Å². The smallest absolute Gasteiger partial charge is 0.512 e. The molecule has 0 unspecified atom stereocenters. The van der Waals surface area contributed by atoms with Crippen LogP contribution in [0.5, 0.6) is 5.75 Å². The van der Waals surface area contributed by atoms with E-state index < -0.39 is 13.1 Å². The normalized spacial score (nSPS) is 10.5. The van der Waals surface area contributed by atoms with Crippen LogP contribution < -0.4 is 4.65 Å². The molecule has 7 heteroatoms. The average molecular weight is 196 g/mol. The molecule has 3 N–H and O–H groups in total. The molecule has 14 heavy (non-hydrogen) atoms. The van der Waals surface area contributed by atoms with Gasteiger partial charge in [-0.05, 0) is 0 Å². The van der Waals surface area contributed by atoms with E-state index in [9.17, 15) is 4.39 Å². The molecule has 1 heterocycles. The lowest BCUT2D eigenvalue weighted by molar-refractivity contribution is 0.288. The second kappa shape index (κ2) is 3.28. The summed E-state index contributed by atoms with van der Waals surface area (Å²) < 4.78 is 17.7. The van der Waals surface area contributed by atoms with E-state index in [-0.39, 0.29) is 11.3 Å². The first-order valence-electron chi connectivity index (χ1n) is 3.82. The minimum atomic E-state index is -1.96. The Morgan fingerprint density at radius 1 is 1.43 bits per heavy atom. The second-order valence-corrected chi connectivity index (χ2v) is 2.65. The first-order chi connectivity index (χ1) is 6.66. The molecule has 2 aromatic rings. The lowest BCUT2D eigenvalue weighted by Gasteiger charge is -2.04. The molecule has 0 saturated carbocycles. The number of aromatic nitrogens is 2. The van der Waals surface area contributed by atoms with Gasteiger partial charge in [0.15, 0.2) is 5.82 Å². The number of imidazole rings is 1. The zero-order valence-electron chi connectivity index (χ0n) is 6.94. The number of fused-ring (bicyclic) bond motifs is 1. The summed E-state index contributed by atoms with van der Waals surface area (Å²) in [6.45, 7) is 0. The molecule has 0 aliphatic carbocycles. The van der Waals surface area contributed by atoms with Gasteiger partial charge < -0.3 is 19.7 Å². The third-order valence-corrected chi connectivity index (χ3v) is 1.69. The summed E-state index contributed by atoms with van der Waals surface area (Å²) in [5, 5.41) is 17.0. The minimum absolute atomic E-state index is 0.0225. The fraction of sp³-hybridized carbons (Fsp3) is 0. The standard InChI is InChI=1S/C7H6BFN2O3/c9-5-1-4(14-8(12)13)2-6-7(5)11-3-10-6/h1-3,12-13H,(H,10,11). The van der Waals surface area contributed by atoms with Gasteiger partial charge in [0.1, 0.15) is 11.3 Å². The quantitative estimate of drug-likeness (QED) is 0.593. The van der Waals surface area contributed by atoms with Crippen molar-refractivity contribution in [3.8, 4) is 5.75 Å². The van der Waals surface area contributed by atoms with Gasteiger partial charge in [0.2, 0.25) is 0 Å². The maximum absolute atomic E-state index is 13.2. The van der Waals surface area contributed by atoms with Crippen LogP contribution in [0.15, 0.2) is 18.5 Å². The van der Waals surface area contributed by atoms with E-state index in [0.717, 1.165) is 6.07 Å². The Bertz CT molecular complexity index is 459. The summed E-state index contributed by atoms with van der Waals surface area (Å²) >= 11 is 0. The number of rotatable bonds is 2. The number of nitrogens with zero attached hydrogens (tertiary/aromatic N) is 1. The lowest BCUT2D eigenvalue weighted by atomic mass is 10.2. The van der Waals surface area contributed by atoms with Gasteiger partial charge in [-0.3, -0.25) is 0 Å². The summed E-state index contributed by atoms with van der Waals surface area (Å²) in [5.41, 5.74) is 0.616. The fourth-order valence-corrected chi connectivity index (χ4v) is 1.17. The molecular formula is C7H6BFN2O3. The Hall–Kier alpha value is -1.60. The SMILES string of the molecule is OB(O)Oc1cc(F)c2nc[nH]c2c1. The molecule has 0 aliphatic heterocycles. The summed E-state index contributed by atoms with van der Waals surface area (Å²) in [5.74, 6) is -0.561. The Morgan fingerprint density at radius 2 is 2.21 bits per heavy atom.